The van der Waals surface area contributed by atoms with Gasteiger partial charge in [-0.3, -0.25) is 9.48 Å². The van der Waals surface area contributed by atoms with Crippen LogP contribution in [0.3, 0.4) is 0 Å². The molecule has 1 aromatic carbocycles. The van der Waals surface area contributed by atoms with Gasteiger partial charge in [-0.2, -0.15) is 23.5 Å². The van der Waals surface area contributed by atoms with Crippen LogP contribution in [0, 0.1) is 18.3 Å². The van der Waals surface area contributed by atoms with Gasteiger partial charge in [-0.25, -0.2) is 0 Å². The number of rotatable bonds is 4. The van der Waals surface area contributed by atoms with E-state index in [2.05, 4.69) is 26.3 Å². The first-order valence-electron chi connectivity index (χ1n) is 6.83. The van der Waals surface area contributed by atoms with Crippen molar-refractivity contribution in [2.75, 3.05) is 5.32 Å². The summed E-state index contributed by atoms with van der Waals surface area (Å²) >= 11 is 2.88. The van der Waals surface area contributed by atoms with E-state index in [0.717, 1.165) is 4.68 Å². The van der Waals surface area contributed by atoms with Gasteiger partial charge >= 0.3 is 6.18 Å². The van der Waals surface area contributed by atoms with Gasteiger partial charge in [-0.05, 0) is 35.0 Å². The third kappa shape index (κ3) is 3.94. The number of carbonyl (C=O) groups is 1. The highest BCUT2D eigenvalue weighted by molar-refractivity contribution is 9.10. The molecule has 0 aliphatic rings. The molecule has 0 spiro atoms. The van der Waals surface area contributed by atoms with Crippen LogP contribution in [0.15, 0.2) is 28.7 Å². The van der Waals surface area contributed by atoms with Crippen molar-refractivity contribution in [1.82, 2.24) is 9.78 Å². The van der Waals surface area contributed by atoms with Crippen LogP contribution in [0.4, 0.5) is 18.9 Å². The van der Waals surface area contributed by atoms with Crippen LogP contribution in [0.2, 0.25) is 0 Å². The van der Waals surface area contributed by atoms with E-state index < -0.39 is 17.8 Å². The van der Waals surface area contributed by atoms with Crippen LogP contribution in [-0.4, -0.2) is 15.7 Å². The molecule has 0 radical (unpaired) electrons. The van der Waals surface area contributed by atoms with Crippen molar-refractivity contribution in [3.8, 4) is 6.07 Å². The second-order valence-corrected chi connectivity index (χ2v) is 5.72. The van der Waals surface area contributed by atoms with Crippen LogP contribution in [-0.2, 0) is 17.5 Å². The molecule has 0 saturated carbocycles. The molecule has 0 atom stereocenters. The van der Waals surface area contributed by atoms with Crippen LogP contribution >= 0.6 is 15.9 Å². The number of hydrogen-bond acceptors (Lipinski definition) is 3. The molecule has 1 N–H and O–H groups in total. The Labute approximate surface area is 144 Å². The number of benzene rings is 1. The summed E-state index contributed by atoms with van der Waals surface area (Å²) in [5.74, 6) is -0.419. The Morgan fingerprint density at radius 2 is 2.08 bits per heavy atom. The number of carbonyl (C=O) groups excluding carboxylic acids is 1. The summed E-state index contributed by atoms with van der Waals surface area (Å²) in [5, 5.41) is 15.0. The van der Waals surface area contributed by atoms with Gasteiger partial charge in [0.05, 0.1) is 28.0 Å². The van der Waals surface area contributed by atoms with E-state index in [0.29, 0.717) is 11.3 Å². The highest BCUT2D eigenvalue weighted by atomic mass is 79.9. The van der Waals surface area contributed by atoms with Gasteiger partial charge in [0.25, 0.3) is 0 Å². The molecular weight excluding hydrogens is 389 g/mol. The average molecular weight is 401 g/mol. The lowest BCUT2D eigenvalue weighted by molar-refractivity contribution is -0.142. The first-order chi connectivity index (χ1) is 11.2. The van der Waals surface area contributed by atoms with Gasteiger partial charge in [0, 0.05) is 6.42 Å². The zero-order valence-electron chi connectivity index (χ0n) is 12.5. The van der Waals surface area contributed by atoms with E-state index in [4.69, 9.17) is 5.26 Å². The number of aromatic nitrogens is 2. The van der Waals surface area contributed by atoms with Crippen LogP contribution in [0.1, 0.15) is 23.4 Å². The molecule has 126 valence electrons. The molecule has 0 aliphatic carbocycles. The van der Waals surface area contributed by atoms with Gasteiger partial charge in [0.15, 0.2) is 5.69 Å². The summed E-state index contributed by atoms with van der Waals surface area (Å²) in [7, 11) is 0. The number of hydrogen-bond donors (Lipinski definition) is 1. The van der Waals surface area contributed by atoms with Crippen molar-refractivity contribution in [2.24, 2.45) is 0 Å². The number of aryl methyl sites for hydroxylation is 1. The van der Waals surface area contributed by atoms with Crippen molar-refractivity contribution in [1.29, 1.82) is 5.26 Å². The average Bonchev–Trinajstić information content (AvgIpc) is 2.81. The zero-order valence-corrected chi connectivity index (χ0v) is 14.1. The Morgan fingerprint density at radius 1 is 1.42 bits per heavy atom. The van der Waals surface area contributed by atoms with Crippen molar-refractivity contribution < 1.29 is 18.0 Å². The normalized spacial score (nSPS) is 11.2. The van der Waals surface area contributed by atoms with Gasteiger partial charge in [0.1, 0.15) is 6.07 Å². The predicted octanol–water partition coefficient (Wildman–Crippen LogP) is 3.87. The molecule has 2 rings (SSSR count). The number of halogens is 4. The smallest absolute Gasteiger partial charge is 0.325 e. The maximum Gasteiger partial charge on any atom is 0.436 e. The molecule has 0 unspecified atom stereocenters. The maximum absolute atomic E-state index is 12.8. The first-order valence-corrected chi connectivity index (χ1v) is 7.62. The minimum Gasteiger partial charge on any atom is -0.325 e. The minimum atomic E-state index is -4.57. The topological polar surface area (TPSA) is 70.7 Å². The molecule has 24 heavy (non-hydrogen) atoms. The predicted molar refractivity (Wildman–Crippen MR) is 84.1 cm³/mol. The van der Waals surface area contributed by atoms with Gasteiger partial charge in [-0.15, -0.1) is 0 Å². The molecule has 0 aliphatic heterocycles. The number of nitrogens with one attached hydrogen (secondary N) is 1. The Kier molecular flexibility index (Phi) is 5.29. The molecule has 1 heterocycles. The summed E-state index contributed by atoms with van der Waals surface area (Å²) in [4.78, 5) is 12.0. The Morgan fingerprint density at radius 3 is 2.67 bits per heavy atom. The lowest BCUT2D eigenvalue weighted by Crippen LogP contribution is -2.16. The van der Waals surface area contributed by atoms with Crippen molar-refractivity contribution in [3.05, 3.63) is 45.7 Å². The minimum absolute atomic E-state index is 0.0128. The fourth-order valence-electron chi connectivity index (χ4n) is 2.03. The van der Waals surface area contributed by atoms with E-state index in [9.17, 15) is 18.0 Å². The van der Waals surface area contributed by atoms with E-state index in [1.165, 1.54) is 6.92 Å². The van der Waals surface area contributed by atoms with E-state index in [1.54, 1.807) is 24.3 Å². The number of nitrogens with zero attached hydrogens (tertiary/aromatic N) is 3. The molecule has 9 heteroatoms. The molecular formula is C15H12BrF3N4O. The second-order valence-electron chi connectivity index (χ2n) is 4.92. The van der Waals surface area contributed by atoms with Crippen molar-refractivity contribution in [3.63, 3.8) is 0 Å². The lowest BCUT2D eigenvalue weighted by Gasteiger charge is -2.08. The van der Waals surface area contributed by atoms with Crippen LogP contribution < -0.4 is 5.32 Å². The number of alkyl halides is 3. The Bertz CT molecular complexity index is 808. The molecule has 0 fully saturated rings. The summed E-state index contributed by atoms with van der Waals surface area (Å²) in [6.45, 7) is 1.47. The van der Waals surface area contributed by atoms with Crippen LogP contribution in [0.5, 0.6) is 0 Å². The SMILES string of the molecule is Cc1c(Br)c(C(F)(F)F)nn1CCC(=O)Nc1ccccc1C#N. The largest absolute Gasteiger partial charge is 0.436 e. The molecule has 2 aromatic rings. The second kappa shape index (κ2) is 7.05. The fraction of sp³-hybridized carbons (Fsp3) is 0.267. The summed E-state index contributed by atoms with van der Waals surface area (Å²) in [6, 6.07) is 8.41. The number of para-hydroxylation sites is 1. The Hall–Kier alpha value is -2.34. The maximum atomic E-state index is 12.8. The standard InChI is InChI=1S/C15H12BrF3N4O/c1-9-13(16)14(15(17,18)19)22-23(9)7-6-12(24)21-11-5-3-2-4-10(11)8-20/h2-5H,6-7H2,1H3,(H,21,24). The van der Waals surface area contributed by atoms with Gasteiger partial charge in [-0.1, -0.05) is 12.1 Å². The molecule has 1 amide bonds. The molecule has 0 bridgehead atoms. The summed E-state index contributed by atoms with van der Waals surface area (Å²) < 4.78 is 39.4. The van der Waals surface area contributed by atoms with Crippen molar-refractivity contribution in [2.45, 2.75) is 26.1 Å². The van der Waals surface area contributed by atoms with E-state index in [-0.39, 0.29) is 23.1 Å². The van der Waals surface area contributed by atoms with Gasteiger partial charge < -0.3 is 5.32 Å². The van der Waals surface area contributed by atoms with E-state index in [1.807, 2.05) is 6.07 Å². The monoisotopic (exact) mass is 400 g/mol. The quantitative estimate of drug-likeness (QED) is 0.846. The number of anilines is 1. The summed E-state index contributed by atoms with van der Waals surface area (Å²) in [6.07, 6.45) is -4.64. The first kappa shape index (κ1) is 18.0. The fourth-order valence-corrected chi connectivity index (χ4v) is 2.54. The van der Waals surface area contributed by atoms with Crippen LogP contribution in [0.25, 0.3) is 0 Å². The lowest BCUT2D eigenvalue weighted by atomic mass is 10.2. The molecule has 1 aromatic heterocycles. The third-order valence-electron chi connectivity index (χ3n) is 3.27. The Balaban J connectivity index is 2.06. The summed E-state index contributed by atoms with van der Waals surface area (Å²) in [5.41, 5.74) is -0.0645. The third-order valence-corrected chi connectivity index (χ3v) is 4.22. The molecule has 5 nitrogen and oxygen atoms in total. The highest BCUT2D eigenvalue weighted by Crippen LogP contribution is 2.35. The zero-order chi connectivity index (χ0) is 17.9. The number of amides is 1. The van der Waals surface area contributed by atoms with Gasteiger partial charge in [0.2, 0.25) is 5.91 Å². The number of nitriles is 1. The highest BCUT2D eigenvalue weighted by Gasteiger charge is 2.37. The van der Waals surface area contributed by atoms with Crippen molar-refractivity contribution >= 4 is 27.5 Å². The molecule has 0 saturated heterocycles. The van der Waals surface area contributed by atoms with E-state index >= 15 is 0 Å².